The Balaban J connectivity index is 1.46. The van der Waals surface area contributed by atoms with Crippen LogP contribution in [0, 0.1) is 10.1 Å². The molecule has 0 radical (unpaired) electrons. The standard InChI is InChI=1S/C18H21BrN6O3/c19-14-1-2-15(25(26)27)16(11-14)22-3-5-23(6-4-22)17-12-18(21-13-20-17)24-7-9-28-10-8-24/h1-2,11-13H,3-10H2. The number of ether oxygens (including phenoxy) is 1. The Hall–Kier alpha value is -2.46. The van der Waals surface area contributed by atoms with Crippen LogP contribution < -0.4 is 14.7 Å². The fourth-order valence-corrected chi connectivity index (χ4v) is 3.91. The number of nitro benzene ring substituents is 1. The summed E-state index contributed by atoms with van der Waals surface area (Å²) in [5, 5.41) is 11.4. The Morgan fingerprint density at radius 2 is 1.54 bits per heavy atom. The van der Waals surface area contributed by atoms with Crippen LogP contribution in [-0.4, -0.2) is 67.4 Å². The van der Waals surface area contributed by atoms with Crippen molar-refractivity contribution in [2.24, 2.45) is 0 Å². The molecule has 0 amide bonds. The summed E-state index contributed by atoms with van der Waals surface area (Å²) < 4.78 is 6.24. The average Bonchev–Trinajstić information content (AvgIpc) is 2.74. The van der Waals surface area contributed by atoms with Crippen LogP contribution in [0.1, 0.15) is 0 Å². The molecule has 2 fully saturated rings. The highest BCUT2D eigenvalue weighted by Crippen LogP contribution is 2.32. The molecule has 0 N–H and O–H groups in total. The number of morpholine rings is 1. The Bertz CT molecular complexity index is 853. The number of nitrogens with zero attached hydrogens (tertiary/aromatic N) is 6. The van der Waals surface area contributed by atoms with Gasteiger partial charge in [-0.05, 0) is 12.1 Å². The molecule has 1 aromatic heterocycles. The summed E-state index contributed by atoms with van der Waals surface area (Å²) in [5.74, 6) is 1.80. The fraction of sp³-hybridized carbons (Fsp3) is 0.444. The first kappa shape index (κ1) is 18.9. The van der Waals surface area contributed by atoms with Gasteiger partial charge in [-0.2, -0.15) is 0 Å². The summed E-state index contributed by atoms with van der Waals surface area (Å²) in [6, 6.07) is 7.08. The first-order valence-electron chi connectivity index (χ1n) is 9.20. The third-order valence-corrected chi connectivity index (χ3v) is 5.55. The largest absolute Gasteiger partial charge is 0.378 e. The van der Waals surface area contributed by atoms with Crippen molar-refractivity contribution in [2.45, 2.75) is 0 Å². The van der Waals surface area contributed by atoms with E-state index in [1.54, 1.807) is 18.5 Å². The van der Waals surface area contributed by atoms with Crippen molar-refractivity contribution in [1.82, 2.24) is 9.97 Å². The van der Waals surface area contributed by atoms with Gasteiger partial charge in [-0.1, -0.05) is 15.9 Å². The summed E-state index contributed by atoms with van der Waals surface area (Å²) in [5.41, 5.74) is 0.781. The van der Waals surface area contributed by atoms with Gasteiger partial charge in [-0.3, -0.25) is 10.1 Å². The molecule has 2 aliphatic heterocycles. The fourth-order valence-electron chi connectivity index (χ4n) is 3.56. The van der Waals surface area contributed by atoms with E-state index in [4.69, 9.17) is 4.74 Å². The number of anilines is 3. The Morgan fingerprint density at radius 1 is 0.929 bits per heavy atom. The molecule has 0 atom stereocenters. The predicted octanol–water partition coefficient (Wildman–Crippen LogP) is 2.31. The number of hydrogen-bond donors (Lipinski definition) is 0. The Kier molecular flexibility index (Phi) is 5.58. The zero-order valence-corrected chi connectivity index (χ0v) is 16.9. The molecule has 2 saturated heterocycles. The maximum absolute atomic E-state index is 11.4. The first-order chi connectivity index (χ1) is 13.6. The zero-order chi connectivity index (χ0) is 19.5. The summed E-state index contributed by atoms with van der Waals surface area (Å²) in [6.07, 6.45) is 1.60. The van der Waals surface area contributed by atoms with Crippen LogP contribution in [0.25, 0.3) is 0 Å². The monoisotopic (exact) mass is 448 g/mol. The normalized spacial score (nSPS) is 17.7. The number of hydrogen-bond acceptors (Lipinski definition) is 8. The van der Waals surface area contributed by atoms with Gasteiger partial charge in [0.05, 0.1) is 18.1 Å². The molecule has 28 heavy (non-hydrogen) atoms. The quantitative estimate of drug-likeness (QED) is 0.519. The van der Waals surface area contributed by atoms with E-state index in [2.05, 4.69) is 40.6 Å². The molecular formula is C18H21BrN6O3. The molecule has 0 saturated carbocycles. The maximum Gasteiger partial charge on any atom is 0.292 e. The van der Waals surface area contributed by atoms with Crippen molar-refractivity contribution in [1.29, 1.82) is 0 Å². The molecule has 10 heteroatoms. The molecule has 2 aliphatic rings. The number of aromatic nitrogens is 2. The van der Waals surface area contributed by atoms with E-state index in [0.29, 0.717) is 32.0 Å². The van der Waals surface area contributed by atoms with Gasteiger partial charge in [0.2, 0.25) is 0 Å². The summed E-state index contributed by atoms with van der Waals surface area (Å²) in [6.45, 7) is 5.94. The lowest BCUT2D eigenvalue weighted by atomic mass is 10.2. The predicted molar refractivity (Wildman–Crippen MR) is 110 cm³/mol. The third-order valence-electron chi connectivity index (χ3n) is 5.05. The molecule has 0 bridgehead atoms. The van der Waals surface area contributed by atoms with Gasteiger partial charge in [0.1, 0.15) is 23.7 Å². The third kappa shape index (κ3) is 4.02. The van der Waals surface area contributed by atoms with Crippen LogP contribution >= 0.6 is 15.9 Å². The van der Waals surface area contributed by atoms with Crippen LogP contribution in [-0.2, 0) is 4.74 Å². The maximum atomic E-state index is 11.4. The van der Waals surface area contributed by atoms with Crippen LogP contribution in [0.3, 0.4) is 0 Å². The number of halogens is 1. The highest BCUT2D eigenvalue weighted by Gasteiger charge is 2.25. The van der Waals surface area contributed by atoms with E-state index in [1.807, 2.05) is 12.1 Å². The minimum absolute atomic E-state index is 0.133. The van der Waals surface area contributed by atoms with Crippen LogP contribution in [0.4, 0.5) is 23.0 Å². The van der Waals surface area contributed by atoms with Crippen LogP contribution in [0.15, 0.2) is 35.1 Å². The molecule has 148 valence electrons. The van der Waals surface area contributed by atoms with Crippen molar-refractivity contribution in [3.63, 3.8) is 0 Å². The zero-order valence-electron chi connectivity index (χ0n) is 15.3. The highest BCUT2D eigenvalue weighted by molar-refractivity contribution is 9.10. The minimum atomic E-state index is -0.326. The van der Waals surface area contributed by atoms with E-state index in [0.717, 1.165) is 42.3 Å². The van der Waals surface area contributed by atoms with Gasteiger partial charge in [0.15, 0.2) is 0 Å². The van der Waals surface area contributed by atoms with Crippen molar-refractivity contribution in [3.05, 3.63) is 45.2 Å². The second-order valence-corrected chi connectivity index (χ2v) is 7.61. The Labute approximate surface area is 171 Å². The Morgan fingerprint density at radius 3 is 2.18 bits per heavy atom. The van der Waals surface area contributed by atoms with Gasteiger partial charge < -0.3 is 19.4 Å². The lowest BCUT2D eigenvalue weighted by Crippen LogP contribution is -2.47. The topological polar surface area (TPSA) is 87.9 Å². The van der Waals surface area contributed by atoms with Gasteiger partial charge >= 0.3 is 0 Å². The van der Waals surface area contributed by atoms with E-state index in [9.17, 15) is 10.1 Å². The van der Waals surface area contributed by atoms with Crippen LogP contribution in [0.2, 0.25) is 0 Å². The van der Waals surface area contributed by atoms with E-state index in [-0.39, 0.29) is 10.6 Å². The van der Waals surface area contributed by atoms with Gasteiger partial charge in [0, 0.05) is 55.9 Å². The molecule has 3 heterocycles. The summed E-state index contributed by atoms with van der Waals surface area (Å²) in [4.78, 5) is 26.4. The molecule has 1 aromatic carbocycles. The van der Waals surface area contributed by atoms with Crippen LogP contribution in [0.5, 0.6) is 0 Å². The molecule has 0 unspecified atom stereocenters. The van der Waals surface area contributed by atoms with Gasteiger partial charge in [-0.15, -0.1) is 0 Å². The number of rotatable bonds is 4. The average molecular weight is 449 g/mol. The second kappa shape index (κ2) is 8.27. The molecule has 9 nitrogen and oxygen atoms in total. The summed E-state index contributed by atoms with van der Waals surface area (Å²) in [7, 11) is 0. The van der Waals surface area contributed by atoms with E-state index < -0.39 is 0 Å². The molecule has 2 aromatic rings. The van der Waals surface area contributed by atoms with Crippen molar-refractivity contribution < 1.29 is 9.66 Å². The SMILES string of the molecule is O=[N+]([O-])c1ccc(Br)cc1N1CCN(c2cc(N3CCOCC3)ncn2)CC1. The molecule has 0 spiro atoms. The van der Waals surface area contributed by atoms with Crippen molar-refractivity contribution in [2.75, 3.05) is 67.2 Å². The van der Waals surface area contributed by atoms with E-state index in [1.165, 1.54) is 0 Å². The number of benzene rings is 1. The number of nitro groups is 1. The summed E-state index contributed by atoms with van der Waals surface area (Å²) >= 11 is 3.42. The van der Waals surface area contributed by atoms with Gasteiger partial charge in [-0.25, -0.2) is 9.97 Å². The molecule has 0 aliphatic carbocycles. The smallest absolute Gasteiger partial charge is 0.292 e. The van der Waals surface area contributed by atoms with E-state index >= 15 is 0 Å². The van der Waals surface area contributed by atoms with Gasteiger partial charge in [0.25, 0.3) is 5.69 Å². The minimum Gasteiger partial charge on any atom is -0.378 e. The van der Waals surface area contributed by atoms with Crippen molar-refractivity contribution >= 4 is 38.9 Å². The second-order valence-electron chi connectivity index (χ2n) is 6.70. The lowest BCUT2D eigenvalue weighted by Gasteiger charge is -2.36. The number of piperazine rings is 1. The molecule has 4 rings (SSSR count). The first-order valence-corrected chi connectivity index (χ1v) is 10.00. The molecular weight excluding hydrogens is 428 g/mol. The highest BCUT2D eigenvalue weighted by atomic mass is 79.9. The van der Waals surface area contributed by atoms with Crippen molar-refractivity contribution in [3.8, 4) is 0 Å². The lowest BCUT2D eigenvalue weighted by molar-refractivity contribution is -0.384.